The molecule has 0 atom stereocenters. The summed E-state index contributed by atoms with van der Waals surface area (Å²) in [5, 5.41) is 0. The molecule has 1 aromatic carbocycles. The Morgan fingerprint density at radius 2 is 1.58 bits per heavy atom. The average molecular weight is 350 g/mol. The van der Waals surface area contributed by atoms with E-state index in [0.29, 0.717) is 54.3 Å². The maximum Gasteiger partial charge on any atom is 0.289 e. The number of hydrogen-bond acceptors (Lipinski definition) is 5. The normalized spacial score (nSPS) is 17.6. The highest BCUT2D eigenvalue weighted by molar-refractivity contribution is 6.26. The molecular weight excluding hydrogens is 332 g/mol. The zero-order valence-electron chi connectivity index (χ0n) is 14.4. The molecular formula is C20H18N2O4. The number of hydrogen-bond donors (Lipinski definition) is 0. The summed E-state index contributed by atoms with van der Waals surface area (Å²) in [4.78, 5) is 41.5. The molecule has 0 bridgehead atoms. The second-order valence-corrected chi connectivity index (χ2v) is 6.43. The molecule has 1 fully saturated rings. The predicted molar refractivity (Wildman–Crippen MR) is 94.0 cm³/mol. The van der Waals surface area contributed by atoms with Crippen molar-refractivity contribution in [3.63, 3.8) is 0 Å². The van der Waals surface area contributed by atoms with Gasteiger partial charge < -0.3 is 14.2 Å². The summed E-state index contributed by atoms with van der Waals surface area (Å²) in [5.41, 5.74) is 1.84. The van der Waals surface area contributed by atoms with Crippen LogP contribution in [0.25, 0.3) is 0 Å². The van der Waals surface area contributed by atoms with Crippen LogP contribution in [0.4, 0.5) is 0 Å². The minimum atomic E-state index is -0.156. The van der Waals surface area contributed by atoms with Gasteiger partial charge in [-0.3, -0.25) is 14.4 Å². The Kier molecular flexibility index (Phi) is 3.95. The first-order chi connectivity index (χ1) is 12.6. The number of allylic oxidation sites excluding steroid dienone is 2. The number of amides is 1. The van der Waals surface area contributed by atoms with Crippen LogP contribution in [0.5, 0.6) is 0 Å². The highest BCUT2D eigenvalue weighted by Crippen LogP contribution is 2.29. The summed E-state index contributed by atoms with van der Waals surface area (Å²) in [6, 6.07) is 10.2. The van der Waals surface area contributed by atoms with Crippen LogP contribution in [0.3, 0.4) is 0 Å². The van der Waals surface area contributed by atoms with Gasteiger partial charge in [0.1, 0.15) is 0 Å². The van der Waals surface area contributed by atoms with Gasteiger partial charge in [0.25, 0.3) is 5.91 Å². The van der Waals surface area contributed by atoms with Crippen molar-refractivity contribution in [2.45, 2.75) is 6.92 Å². The zero-order valence-corrected chi connectivity index (χ0v) is 14.4. The molecule has 2 aliphatic rings. The Morgan fingerprint density at radius 1 is 0.923 bits per heavy atom. The van der Waals surface area contributed by atoms with Crippen LogP contribution in [0.1, 0.15) is 38.2 Å². The monoisotopic (exact) mass is 350 g/mol. The zero-order chi connectivity index (χ0) is 18.3. The number of Topliss-reactive ketones (excluding diaryl/α,β-unsaturated/α-hetero) is 2. The van der Waals surface area contributed by atoms with Gasteiger partial charge in [-0.2, -0.15) is 0 Å². The van der Waals surface area contributed by atoms with Crippen molar-refractivity contribution in [3.05, 3.63) is 70.8 Å². The molecule has 132 valence electrons. The number of benzene rings is 1. The van der Waals surface area contributed by atoms with E-state index in [9.17, 15) is 14.4 Å². The molecule has 0 saturated carbocycles. The number of nitrogens with zero attached hydrogens (tertiary/aromatic N) is 2. The van der Waals surface area contributed by atoms with Crippen LogP contribution in [0.2, 0.25) is 0 Å². The smallest absolute Gasteiger partial charge is 0.289 e. The molecule has 1 aliphatic carbocycles. The summed E-state index contributed by atoms with van der Waals surface area (Å²) < 4.78 is 5.17. The minimum Gasteiger partial charge on any atom is -0.459 e. The Morgan fingerprint density at radius 3 is 2.19 bits per heavy atom. The van der Waals surface area contributed by atoms with Crippen LogP contribution < -0.4 is 0 Å². The lowest BCUT2D eigenvalue weighted by molar-refractivity contribution is 0.0627. The standard InChI is InChI=1S/C20H18N2O4/c1-13-17(19(24)15-6-3-2-5-14(15)18(13)23)21-8-10-22(11-9-21)20(25)16-7-4-12-26-16/h2-7,12H,8-11H2,1H3. The number of fused-ring (bicyclic) bond motifs is 1. The van der Waals surface area contributed by atoms with Crippen LogP contribution >= 0.6 is 0 Å². The molecule has 0 spiro atoms. The lowest BCUT2D eigenvalue weighted by atomic mass is 9.87. The molecule has 0 unspecified atom stereocenters. The molecule has 1 saturated heterocycles. The third-order valence-corrected chi connectivity index (χ3v) is 4.94. The van der Waals surface area contributed by atoms with Crippen LogP contribution in [0, 0.1) is 0 Å². The Bertz CT molecular complexity index is 919. The molecule has 2 aromatic rings. The van der Waals surface area contributed by atoms with Gasteiger partial charge in [0.2, 0.25) is 5.78 Å². The molecule has 6 heteroatoms. The number of carbonyl (C=O) groups is 3. The largest absolute Gasteiger partial charge is 0.459 e. The fourth-order valence-electron chi connectivity index (χ4n) is 3.56. The molecule has 4 rings (SSSR count). The molecule has 1 amide bonds. The van der Waals surface area contributed by atoms with E-state index >= 15 is 0 Å². The van der Waals surface area contributed by atoms with E-state index in [1.54, 1.807) is 48.2 Å². The number of rotatable bonds is 2. The van der Waals surface area contributed by atoms with E-state index in [4.69, 9.17) is 4.42 Å². The van der Waals surface area contributed by atoms with Crippen molar-refractivity contribution < 1.29 is 18.8 Å². The first-order valence-corrected chi connectivity index (χ1v) is 8.55. The molecule has 2 heterocycles. The number of piperazine rings is 1. The molecule has 0 radical (unpaired) electrons. The number of ketones is 2. The molecule has 1 aromatic heterocycles. The van der Waals surface area contributed by atoms with Gasteiger partial charge in [-0.25, -0.2) is 0 Å². The van der Waals surface area contributed by atoms with Crippen molar-refractivity contribution in [3.8, 4) is 0 Å². The lowest BCUT2D eigenvalue weighted by Gasteiger charge is -2.38. The van der Waals surface area contributed by atoms with E-state index < -0.39 is 0 Å². The van der Waals surface area contributed by atoms with Crippen LogP contribution in [-0.2, 0) is 0 Å². The van der Waals surface area contributed by atoms with Crippen molar-refractivity contribution in [1.29, 1.82) is 0 Å². The average Bonchev–Trinajstić information content (AvgIpc) is 3.21. The maximum absolute atomic E-state index is 12.9. The van der Waals surface area contributed by atoms with Crippen LogP contribution in [-0.4, -0.2) is 53.5 Å². The van der Waals surface area contributed by atoms with Gasteiger partial charge in [-0.05, 0) is 19.1 Å². The predicted octanol–water partition coefficient (Wildman–Crippen LogP) is 2.39. The topological polar surface area (TPSA) is 70.8 Å². The van der Waals surface area contributed by atoms with Crippen LogP contribution in [0.15, 0.2) is 58.3 Å². The lowest BCUT2D eigenvalue weighted by Crippen LogP contribution is -2.50. The number of furan rings is 1. The third kappa shape index (κ3) is 2.54. The van der Waals surface area contributed by atoms with E-state index in [1.807, 2.05) is 4.90 Å². The van der Waals surface area contributed by atoms with Crippen molar-refractivity contribution in [1.82, 2.24) is 9.80 Å². The van der Waals surface area contributed by atoms with E-state index in [1.165, 1.54) is 6.26 Å². The highest BCUT2D eigenvalue weighted by Gasteiger charge is 2.34. The minimum absolute atomic E-state index is 0.107. The molecule has 1 aliphatic heterocycles. The second-order valence-electron chi connectivity index (χ2n) is 6.43. The summed E-state index contributed by atoms with van der Waals surface area (Å²) in [6.45, 7) is 3.64. The molecule has 0 N–H and O–H groups in total. The summed E-state index contributed by atoms with van der Waals surface area (Å²) in [5.74, 6) is -0.0729. The fraction of sp³-hybridized carbons (Fsp3) is 0.250. The Hall–Kier alpha value is -3.15. The van der Waals surface area contributed by atoms with Gasteiger partial charge in [0, 0.05) is 42.9 Å². The third-order valence-electron chi connectivity index (χ3n) is 4.94. The maximum atomic E-state index is 12.9. The van der Waals surface area contributed by atoms with Gasteiger partial charge in [-0.15, -0.1) is 0 Å². The quantitative estimate of drug-likeness (QED) is 0.832. The van der Waals surface area contributed by atoms with Gasteiger partial charge in [0.15, 0.2) is 11.5 Å². The fourth-order valence-corrected chi connectivity index (χ4v) is 3.56. The van der Waals surface area contributed by atoms with Gasteiger partial charge >= 0.3 is 0 Å². The molecule has 6 nitrogen and oxygen atoms in total. The molecule has 26 heavy (non-hydrogen) atoms. The van der Waals surface area contributed by atoms with E-state index in [2.05, 4.69) is 0 Å². The van der Waals surface area contributed by atoms with E-state index in [-0.39, 0.29) is 17.5 Å². The Labute approximate surface area is 150 Å². The van der Waals surface area contributed by atoms with Crippen molar-refractivity contribution in [2.24, 2.45) is 0 Å². The summed E-state index contributed by atoms with van der Waals surface area (Å²) in [6.07, 6.45) is 1.47. The van der Waals surface area contributed by atoms with Crippen molar-refractivity contribution in [2.75, 3.05) is 26.2 Å². The van der Waals surface area contributed by atoms with Gasteiger partial charge in [0.05, 0.1) is 12.0 Å². The Balaban J connectivity index is 1.54. The van der Waals surface area contributed by atoms with Crippen molar-refractivity contribution >= 4 is 17.5 Å². The summed E-state index contributed by atoms with van der Waals surface area (Å²) >= 11 is 0. The van der Waals surface area contributed by atoms with E-state index in [0.717, 1.165) is 0 Å². The first kappa shape index (κ1) is 16.3. The first-order valence-electron chi connectivity index (χ1n) is 8.55. The highest BCUT2D eigenvalue weighted by atomic mass is 16.3. The van der Waals surface area contributed by atoms with Gasteiger partial charge in [-0.1, -0.05) is 24.3 Å². The number of carbonyl (C=O) groups excluding carboxylic acids is 3. The second kappa shape index (κ2) is 6.29. The summed E-state index contributed by atoms with van der Waals surface area (Å²) in [7, 11) is 0. The SMILES string of the molecule is CC1=C(N2CCN(C(=O)c3ccco3)CC2)C(=O)c2ccccc2C1=O.